The molecule has 0 unspecified atom stereocenters. The van der Waals surface area contributed by atoms with E-state index in [0.29, 0.717) is 0 Å². The maximum Gasteiger partial charge on any atom is 0.334 e. The third-order valence-corrected chi connectivity index (χ3v) is 4.51. The van der Waals surface area contributed by atoms with Gasteiger partial charge in [-0.1, -0.05) is 0 Å². The number of benzene rings is 2. The quantitative estimate of drug-likeness (QED) is 0.349. The van der Waals surface area contributed by atoms with Gasteiger partial charge < -0.3 is 14.0 Å². The number of hydrogen-bond acceptors (Lipinski definition) is 8. The predicted molar refractivity (Wildman–Crippen MR) is 109 cm³/mol. The summed E-state index contributed by atoms with van der Waals surface area (Å²) < 4.78 is 45.3. The van der Waals surface area contributed by atoms with Crippen LogP contribution >= 0.6 is 0 Å². The highest BCUT2D eigenvalue weighted by Gasteiger charge is 2.26. The zero-order valence-corrected chi connectivity index (χ0v) is 18.1. The van der Waals surface area contributed by atoms with E-state index in [-0.39, 0.29) is 0 Å². The summed E-state index contributed by atoms with van der Waals surface area (Å²) in [6, 6.07) is 15.8. The van der Waals surface area contributed by atoms with Gasteiger partial charge in [0, 0.05) is 12.6 Å². The van der Waals surface area contributed by atoms with E-state index in [4.69, 9.17) is 9.47 Å². The monoisotopic (exact) mass is 436 g/mol. The normalized spacial score (nSPS) is 10.7. The van der Waals surface area contributed by atoms with E-state index in [1.165, 1.54) is 0 Å². The van der Waals surface area contributed by atoms with Crippen LogP contribution in [-0.2, 0) is 21.6 Å². The summed E-state index contributed by atoms with van der Waals surface area (Å²) in [4.78, 5) is 0. The number of aryl methyl sites for hydroxylation is 1. The van der Waals surface area contributed by atoms with Crippen molar-refractivity contribution in [2.75, 3.05) is 33.8 Å². The summed E-state index contributed by atoms with van der Waals surface area (Å²) in [5, 5.41) is 4.67. The van der Waals surface area contributed by atoms with E-state index < -0.39 is 10.4 Å². The molecule has 3 aromatic rings. The first-order valence-corrected chi connectivity index (χ1v) is 10.0. The lowest BCUT2D eigenvalue weighted by Gasteiger charge is -2.04. The summed E-state index contributed by atoms with van der Waals surface area (Å²) in [5.74, 6) is 3.42. The highest BCUT2D eigenvalue weighted by Crippen LogP contribution is 2.25. The minimum atomic E-state index is -4.41. The van der Waals surface area contributed by atoms with Crippen molar-refractivity contribution in [1.29, 1.82) is 0 Å². The first-order valence-electron chi connectivity index (χ1n) is 8.71. The molecule has 0 atom stereocenters. The zero-order valence-electron chi connectivity index (χ0n) is 17.3. The van der Waals surface area contributed by atoms with Crippen molar-refractivity contribution in [1.82, 2.24) is 9.77 Å². The first-order chi connectivity index (χ1) is 14.2. The average molecular weight is 436 g/mol. The van der Waals surface area contributed by atoms with Crippen LogP contribution in [-0.4, -0.2) is 51.1 Å². The van der Waals surface area contributed by atoms with Crippen LogP contribution in [0, 0.1) is 0 Å². The second-order valence-corrected chi connectivity index (χ2v) is 7.01. The van der Waals surface area contributed by atoms with Gasteiger partial charge in [-0.25, -0.2) is 8.42 Å². The predicted octanol–water partition coefficient (Wildman–Crippen LogP) is 1.33. The number of hydrogen-bond donors (Lipinski definition) is 1. The largest absolute Gasteiger partial charge is 0.726 e. The second-order valence-electron chi connectivity index (χ2n) is 5.86. The number of aromatic nitrogens is 3. The van der Waals surface area contributed by atoms with E-state index in [1.807, 2.05) is 72.0 Å². The molecule has 0 bridgehead atoms. The molecule has 30 heavy (non-hydrogen) atoms. The van der Waals surface area contributed by atoms with Crippen molar-refractivity contribution < 1.29 is 31.3 Å². The molecule has 0 aliphatic carbocycles. The molecule has 0 amide bonds. The van der Waals surface area contributed by atoms with Crippen LogP contribution in [0.15, 0.2) is 48.5 Å². The fourth-order valence-electron chi connectivity index (χ4n) is 2.67. The molecule has 0 aliphatic heterocycles. The molecular formula is C19H24N4O6S. The average Bonchev–Trinajstić information content (AvgIpc) is 3.10. The van der Waals surface area contributed by atoms with Crippen LogP contribution in [0.4, 0.5) is 0 Å². The molecule has 11 heteroatoms. The van der Waals surface area contributed by atoms with Gasteiger partial charge in [0.25, 0.3) is 5.82 Å². The molecule has 1 N–H and O–H groups in total. The smallest absolute Gasteiger partial charge is 0.334 e. The molecule has 2 aromatic carbocycles. The lowest BCUT2D eigenvalue weighted by molar-refractivity contribution is -0.717. The van der Waals surface area contributed by atoms with Gasteiger partial charge >= 0.3 is 5.82 Å². The van der Waals surface area contributed by atoms with Gasteiger partial charge in [-0.05, 0) is 53.6 Å². The van der Waals surface area contributed by atoms with Crippen molar-refractivity contribution in [3.63, 3.8) is 0 Å². The van der Waals surface area contributed by atoms with Gasteiger partial charge in [0.15, 0.2) is 0 Å². The van der Waals surface area contributed by atoms with Crippen molar-refractivity contribution in [2.45, 2.75) is 0 Å². The summed E-state index contributed by atoms with van der Waals surface area (Å²) in [6.45, 7) is 0. The third kappa shape index (κ3) is 5.69. The maximum absolute atomic E-state index is 9.22. The minimum Gasteiger partial charge on any atom is -0.726 e. The Kier molecular flexibility index (Phi) is 7.75. The highest BCUT2D eigenvalue weighted by molar-refractivity contribution is 7.80. The molecule has 3 rings (SSSR count). The molecule has 10 nitrogen and oxygen atoms in total. The van der Waals surface area contributed by atoms with Crippen molar-refractivity contribution >= 4 is 10.4 Å². The molecule has 0 radical (unpaired) electrons. The van der Waals surface area contributed by atoms with Crippen LogP contribution in [0.2, 0.25) is 0 Å². The molecule has 0 spiro atoms. The Hall–Kier alpha value is -3.15. The minimum absolute atomic E-state index is 0.808. The van der Waals surface area contributed by atoms with E-state index in [1.54, 1.807) is 14.2 Å². The summed E-state index contributed by atoms with van der Waals surface area (Å²) in [7, 11) is 3.52. The van der Waals surface area contributed by atoms with E-state index >= 15 is 0 Å². The molecule has 162 valence electrons. The Morgan fingerprint density at radius 2 is 1.37 bits per heavy atom. The summed E-state index contributed by atoms with van der Waals surface area (Å²) in [6.07, 6.45) is 0. The van der Waals surface area contributed by atoms with Crippen molar-refractivity contribution in [2.24, 2.45) is 7.05 Å². The highest BCUT2D eigenvalue weighted by atomic mass is 32.3. The number of methoxy groups -OCH3 is 2. The topological polar surface area (TPSA) is 119 Å². The number of ether oxygens (including phenoxy) is 2. The zero-order chi connectivity index (χ0) is 22.3. The van der Waals surface area contributed by atoms with Crippen LogP contribution in [0.3, 0.4) is 0 Å². The molecular weight excluding hydrogens is 412 g/mol. The lowest BCUT2D eigenvalue weighted by Crippen LogP contribution is -2.33. The van der Waals surface area contributed by atoms with E-state index in [0.717, 1.165) is 41.4 Å². The fourth-order valence-corrected chi connectivity index (χ4v) is 2.67. The Bertz CT molecular complexity index is 1060. The van der Waals surface area contributed by atoms with Crippen LogP contribution in [0.25, 0.3) is 22.8 Å². The van der Waals surface area contributed by atoms with E-state index in [9.17, 15) is 13.0 Å². The van der Waals surface area contributed by atoms with Crippen molar-refractivity contribution in [3.05, 3.63) is 48.5 Å². The molecule has 0 saturated carbocycles. The van der Waals surface area contributed by atoms with Gasteiger partial charge in [-0.2, -0.15) is 0 Å². The van der Waals surface area contributed by atoms with Gasteiger partial charge in [-0.15, -0.1) is 9.36 Å². The Morgan fingerprint density at radius 3 is 1.73 bits per heavy atom. The SMILES string of the molecule is CNn1c(-c2ccc(OC)cc2)n[n+](C)c1-c1ccc(OC)cc1.COS(=O)(=O)[O-]. The van der Waals surface area contributed by atoms with E-state index in [2.05, 4.69) is 14.7 Å². The number of rotatable bonds is 6. The van der Waals surface area contributed by atoms with Gasteiger partial charge in [-0.3, -0.25) is 9.61 Å². The second kappa shape index (κ2) is 10.1. The third-order valence-electron chi connectivity index (χ3n) is 4.10. The number of nitrogens with one attached hydrogen (secondary N) is 1. The number of nitrogens with zero attached hydrogens (tertiary/aromatic N) is 3. The van der Waals surface area contributed by atoms with Gasteiger partial charge in [0.2, 0.25) is 10.4 Å². The van der Waals surface area contributed by atoms with Gasteiger partial charge in [0.1, 0.15) is 18.5 Å². The van der Waals surface area contributed by atoms with Gasteiger partial charge in [0.05, 0.1) is 26.9 Å². The Balaban J connectivity index is 0.000000469. The van der Waals surface area contributed by atoms with Crippen molar-refractivity contribution in [3.8, 4) is 34.3 Å². The molecule has 0 saturated heterocycles. The fraction of sp³-hybridized carbons (Fsp3) is 0.263. The van der Waals surface area contributed by atoms with Crippen LogP contribution in [0.1, 0.15) is 0 Å². The summed E-state index contributed by atoms with van der Waals surface area (Å²) in [5.41, 5.74) is 5.25. The van der Waals surface area contributed by atoms with Crippen LogP contribution < -0.4 is 19.6 Å². The summed E-state index contributed by atoms with van der Waals surface area (Å²) >= 11 is 0. The Morgan fingerprint density at radius 1 is 0.933 bits per heavy atom. The molecule has 0 aliphatic rings. The molecule has 1 heterocycles. The standard InChI is InChI=1S/C18H21N4O2.CH4O4S/c1-19-22-17(13-5-9-15(23-3)10-6-13)20-21(2)18(22)14-7-11-16(24-4)12-8-14;1-5-6(2,3)4/h5-12,19H,1-4H3;1H3,(H,2,3,4)/q+1;/p-1. The molecule has 1 aromatic heterocycles. The first kappa shape index (κ1) is 23.1. The molecule has 0 fully saturated rings. The Labute approximate surface area is 175 Å². The van der Waals surface area contributed by atoms with Crippen LogP contribution in [0.5, 0.6) is 11.5 Å². The lowest BCUT2D eigenvalue weighted by atomic mass is 10.2. The maximum atomic E-state index is 9.22.